The quantitative estimate of drug-likeness (QED) is 0.115. The number of methoxy groups -OCH3 is 1. The van der Waals surface area contributed by atoms with Crippen molar-refractivity contribution in [3.8, 4) is 16.9 Å². The summed E-state index contributed by atoms with van der Waals surface area (Å²) >= 11 is 0. The summed E-state index contributed by atoms with van der Waals surface area (Å²) < 4.78 is 15.6. The zero-order chi connectivity index (χ0) is 33.9. The zero-order valence-electron chi connectivity index (χ0n) is 29.2. The molecule has 1 aliphatic heterocycles. The van der Waals surface area contributed by atoms with Crippen LogP contribution in [0.15, 0.2) is 61.7 Å². The van der Waals surface area contributed by atoms with E-state index in [1.165, 1.54) is 7.11 Å². The van der Waals surface area contributed by atoms with Crippen LogP contribution in [-0.2, 0) is 20.7 Å². The normalized spacial score (nSPS) is 15.5. The van der Waals surface area contributed by atoms with Gasteiger partial charge < -0.3 is 14.4 Å². The number of allylic oxidation sites excluding steroid dienone is 2. The molecule has 4 aromatic rings. The van der Waals surface area contributed by atoms with Crippen molar-refractivity contribution in [2.75, 3.05) is 25.1 Å². The van der Waals surface area contributed by atoms with E-state index in [2.05, 4.69) is 49.2 Å². The highest BCUT2D eigenvalue weighted by atomic mass is 16.6. The van der Waals surface area contributed by atoms with E-state index < -0.39 is 17.7 Å². The molecular formula is C38H50N6O3. The number of carbonyl (C=O) groups is 1. The molecule has 1 atom stereocenters. The molecule has 0 bridgehead atoms. The van der Waals surface area contributed by atoms with Crippen LogP contribution in [0.5, 0.6) is 0 Å². The minimum absolute atomic E-state index is 0.223. The Morgan fingerprint density at radius 2 is 1.79 bits per heavy atom. The van der Waals surface area contributed by atoms with Gasteiger partial charge in [-0.25, -0.2) is 14.5 Å². The van der Waals surface area contributed by atoms with Gasteiger partial charge in [-0.05, 0) is 96.8 Å². The van der Waals surface area contributed by atoms with E-state index in [1.54, 1.807) is 0 Å². The molecule has 1 saturated heterocycles. The summed E-state index contributed by atoms with van der Waals surface area (Å²) in [6.45, 7) is 21.6. The molecule has 0 spiro atoms. The largest absolute Gasteiger partial charge is 0.467 e. The number of rotatable bonds is 12. The third-order valence-electron chi connectivity index (χ3n) is 9.07. The molecule has 0 aliphatic carbocycles. The molecule has 0 amide bonds. The van der Waals surface area contributed by atoms with Crippen molar-refractivity contribution in [1.29, 1.82) is 0 Å². The van der Waals surface area contributed by atoms with E-state index in [-0.39, 0.29) is 5.41 Å². The Balaban J connectivity index is 1.64. The minimum atomic E-state index is -0.964. The van der Waals surface area contributed by atoms with Crippen LogP contribution in [-0.4, -0.2) is 56.1 Å². The van der Waals surface area contributed by atoms with Crippen molar-refractivity contribution in [2.24, 2.45) is 5.41 Å². The van der Waals surface area contributed by atoms with Crippen molar-refractivity contribution in [3.05, 3.63) is 84.4 Å². The lowest BCUT2D eigenvalue weighted by molar-refractivity contribution is -0.164. The SMILES string of the molecule is C=CCCc1cc(C)nn1-c1cccc(-c2cc3nc(C)c([C@H](OC(C)(C)C)C(=O)OC)c(N4CCC(C)(CCC=C)CC4)n3n2)c1. The van der Waals surface area contributed by atoms with Crippen LogP contribution >= 0.6 is 0 Å². The van der Waals surface area contributed by atoms with Crippen LogP contribution in [0.3, 0.4) is 0 Å². The third kappa shape index (κ3) is 7.51. The highest BCUT2D eigenvalue weighted by Crippen LogP contribution is 2.41. The Morgan fingerprint density at radius 1 is 1.06 bits per heavy atom. The molecule has 0 saturated carbocycles. The second kappa shape index (κ2) is 13.9. The fraction of sp³-hybridized carbons (Fsp3) is 0.474. The third-order valence-corrected chi connectivity index (χ3v) is 9.07. The first-order valence-electron chi connectivity index (χ1n) is 16.7. The Labute approximate surface area is 279 Å². The molecule has 1 aromatic carbocycles. The summed E-state index contributed by atoms with van der Waals surface area (Å²) in [5.41, 5.74) is 6.55. The molecule has 3 aromatic heterocycles. The summed E-state index contributed by atoms with van der Waals surface area (Å²) in [5, 5.41) is 9.96. The fourth-order valence-electron chi connectivity index (χ4n) is 6.51. The van der Waals surface area contributed by atoms with Gasteiger partial charge in [0, 0.05) is 36.1 Å². The van der Waals surface area contributed by atoms with Gasteiger partial charge in [-0.2, -0.15) is 14.7 Å². The van der Waals surface area contributed by atoms with Crippen molar-refractivity contribution >= 4 is 17.4 Å². The van der Waals surface area contributed by atoms with E-state index in [0.29, 0.717) is 16.9 Å². The molecular weight excluding hydrogens is 588 g/mol. The number of benzene rings is 1. The molecule has 0 radical (unpaired) electrons. The van der Waals surface area contributed by atoms with Crippen molar-refractivity contribution < 1.29 is 14.3 Å². The number of esters is 1. The number of nitrogens with zero attached hydrogens (tertiary/aromatic N) is 6. The van der Waals surface area contributed by atoms with E-state index in [4.69, 9.17) is 24.7 Å². The number of hydrogen-bond donors (Lipinski definition) is 0. The summed E-state index contributed by atoms with van der Waals surface area (Å²) in [7, 11) is 1.40. The number of hydrogen-bond acceptors (Lipinski definition) is 7. The van der Waals surface area contributed by atoms with Gasteiger partial charge in [0.25, 0.3) is 0 Å². The van der Waals surface area contributed by atoms with Gasteiger partial charge in [-0.3, -0.25) is 0 Å². The molecule has 250 valence electrons. The first-order chi connectivity index (χ1) is 22.4. The molecule has 1 aliphatic rings. The Kier molecular flexibility index (Phi) is 10.1. The first-order valence-corrected chi connectivity index (χ1v) is 16.7. The summed E-state index contributed by atoms with van der Waals surface area (Å²) in [5.74, 6) is 0.370. The maximum Gasteiger partial charge on any atom is 0.339 e. The monoisotopic (exact) mass is 638 g/mol. The maximum absolute atomic E-state index is 13.4. The maximum atomic E-state index is 13.4. The molecule has 47 heavy (non-hydrogen) atoms. The first kappa shape index (κ1) is 34.1. The highest BCUT2D eigenvalue weighted by molar-refractivity contribution is 5.80. The van der Waals surface area contributed by atoms with Crippen molar-refractivity contribution in [3.63, 3.8) is 0 Å². The number of aryl methyl sites for hydroxylation is 3. The van der Waals surface area contributed by atoms with E-state index in [1.807, 2.05) is 68.1 Å². The summed E-state index contributed by atoms with van der Waals surface area (Å²) in [6.07, 6.45) is 8.84. The van der Waals surface area contributed by atoms with Gasteiger partial charge in [0.1, 0.15) is 5.82 Å². The van der Waals surface area contributed by atoms with Gasteiger partial charge in [-0.1, -0.05) is 31.2 Å². The number of aromatic nitrogens is 5. The Bertz CT molecular complexity index is 1750. The molecule has 5 rings (SSSR count). The summed E-state index contributed by atoms with van der Waals surface area (Å²) in [6, 6.07) is 12.4. The van der Waals surface area contributed by atoms with E-state index >= 15 is 0 Å². The number of anilines is 1. The molecule has 1 fully saturated rings. The van der Waals surface area contributed by atoms with E-state index in [9.17, 15) is 4.79 Å². The lowest BCUT2D eigenvalue weighted by Gasteiger charge is -2.41. The second-order valence-corrected chi connectivity index (χ2v) is 14.1. The lowest BCUT2D eigenvalue weighted by Crippen LogP contribution is -2.41. The van der Waals surface area contributed by atoms with Gasteiger partial charge in [0.15, 0.2) is 11.8 Å². The molecule has 0 unspecified atom stereocenters. The summed E-state index contributed by atoms with van der Waals surface area (Å²) in [4.78, 5) is 20.7. The Morgan fingerprint density at radius 3 is 2.45 bits per heavy atom. The predicted molar refractivity (Wildman–Crippen MR) is 188 cm³/mol. The van der Waals surface area contributed by atoms with Crippen LogP contribution in [0.4, 0.5) is 5.82 Å². The number of ether oxygens (including phenoxy) is 2. The van der Waals surface area contributed by atoms with Crippen molar-refractivity contribution in [1.82, 2.24) is 24.4 Å². The van der Waals surface area contributed by atoms with Crippen LogP contribution in [0.25, 0.3) is 22.6 Å². The van der Waals surface area contributed by atoms with Gasteiger partial charge in [0.05, 0.1) is 35.3 Å². The highest BCUT2D eigenvalue weighted by Gasteiger charge is 2.37. The van der Waals surface area contributed by atoms with Crippen LogP contribution in [0.1, 0.15) is 88.5 Å². The average Bonchev–Trinajstić information content (AvgIpc) is 3.64. The van der Waals surface area contributed by atoms with Crippen LogP contribution in [0.2, 0.25) is 0 Å². The predicted octanol–water partition coefficient (Wildman–Crippen LogP) is 7.92. The molecule has 0 N–H and O–H groups in total. The van der Waals surface area contributed by atoms with Gasteiger partial charge in [-0.15, -0.1) is 13.2 Å². The van der Waals surface area contributed by atoms with Gasteiger partial charge >= 0.3 is 5.97 Å². The lowest BCUT2D eigenvalue weighted by atomic mass is 9.76. The molecule has 4 heterocycles. The molecule has 9 heteroatoms. The second-order valence-electron chi connectivity index (χ2n) is 14.1. The minimum Gasteiger partial charge on any atom is -0.467 e. The number of carbonyl (C=O) groups excluding carboxylic acids is 1. The average molecular weight is 639 g/mol. The van der Waals surface area contributed by atoms with Gasteiger partial charge in [0.2, 0.25) is 0 Å². The van der Waals surface area contributed by atoms with E-state index in [0.717, 1.165) is 85.8 Å². The number of piperidine rings is 1. The van der Waals surface area contributed by atoms with Crippen LogP contribution in [0, 0.1) is 19.3 Å². The topological polar surface area (TPSA) is 86.8 Å². The number of fused-ring (bicyclic) bond motifs is 1. The zero-order valence-corrected chi connectivity index (χ0v) is 29.2. The smallest absolute Gasteiger partial charge is 0.339 e. The Hall–Kier alpha value is -4.24. The van der Waals surface area contributed by atoms with Crippen LogP contribution < -0.4 is 4.90 Å². The fourth-order valence-corrected chi connectivity index (χ4v) is 6.51. The standard InChI is InChI=1S/C38H50N6O3/c1-10-12-16-29-23-26(3)40-43(29)30-17-14-15-28(24-30)31-25-32-39-27(4)33(34(36(45)46-9)47-37(5,6)7)35(44(32)41-31)42-21-19-38(8,20-22-42)18-13-11-2/h10-11,14-15,17,23-25,34H,1-2,12-13,16,18-22H2,3-9H3/t34-/m0/s1. The van der Waals surface area contributed by atoms with Crippen molar-refractivity contribution in [2.45, 2.75) is 91.8 Å². The molecule has 9 nitrogen and oxygen atoms in total.